The summed E-state index contributed by atoms with van der Waals surface area (Å²) in [6.07, 6.45) is -2.23. The van der Waals surface area contributed by atoms with Crippen LogP contribution in [-0.4, -0.2) is 11.7 Å². The Labute approximate surface area is 131 Å². The first-order chi connectivity index (χ1) is 10.7. The fraction of sp³-hybridized carbons (Fsp3) is 0.438. The summed E-state index contributed by atoms with van der Waals surface area (Å²) in [5.74, 6) is -2.91. The minimum atomic E-state index is -4.47. The zero-order valence-electron chi connectivity index (χ0n) is 12.4. The maximum absolute atomic E-state index is 12.7. The average molecular weight is 324 g/mol. The topological polar surface area (TPSA) is 70.0 Å². The molecule has 1 aromatic rings. The third-order valence-electron chi connectivity index (χ3n) is 3.98. The van der Waals surface area contributed by atoms with Crippen molar-refractivity contribution in [3.05, 3.63) is 29.3 Å². The van der Waals surface area contributed by atoms with Crippen molar-refractivity contribution in [2.24, 2.45) is 11.8 Å². The van der Waals surface area contributed by atoms with Gasteiger partial charge in [0.2, 0.25) is 5.91 Å². The van der Waals surface area contributed by atoms with Gasteiger partial charge in [0.15, 0.2) is 11.7 Å². The van der Waals surface area contributed by atoms with Crippen molar-refractivity contribution in [3.63, 3.8) is 0 Å². The van der Waals surface area contributed by atoms with Crippen molar-refractivity contribution in [1.29, 1.82) is 5.26 Å². The number of rotatable bonds is 4. The maximum Gasteiger partial charge on any atom is 0.416 e. The first kappa shape index (κ1) is 17.0. The van der Waals surface area contributed by atoms with E-state index in [4.69, 9.17) is 5.26 Å². The quantitative estimate of drug-likeness (QED) is 0.862. The van der Waals surface area contributed by atoms with Gasteiger partial charge in [-0.25, -0.2) is 0 Å². The Morgan fingerprint density at radius 3 is 2.43 bits per heavy atom. The van der Waals surface area contributed by atoms with Crippen molar-refractivity contribution < 1.29 is 22.8 Å². The molecule has 0 bridgehead atoms. The second-order valence-corrected chi connectivity index (χ2v) is 5.61. The van der Waals surface area contributed by atoms with E-state index >= 15 is 0 Å². The Morgan fingerprint density at radius 1 is 1.35 bits per heavy atom. The molecule has 1 saturated carbocycles. The van der Waals surface area contributed by atoms with Crippen LogP contribution in [0.4, 0.5) is 18.9 Å². The number of nitrogens with zero attached hydrogens (tertiary/aromatic N) is 1. The summed E-state index contributed by atoms with van der Waals surface area (Å²) in [6.45, 7) is 1.28. The molecular formula is C16H15F3N2O2. The molecule has 1 unspecified atom stereocenters. The molecule has 0 aromatic heterocycles. The fourth-order valence-corrected chi connectivity index (χ4v) is 2.45. The molecule has 0 radical (unpaired) electrons. The SMILES string of the molecule is Cc1cc(NC(=O)C(C#N)C(=O)C2CCC2)ccc1C(F)(F)F. The smallest absolute Gasteiger partial charge is 0.325 e. The summed E-state index contributed by atoms with van der Waals surface area (Å²) < 4.78 is 38.1. The number of hydrogen-bond acceptors (Lipinski definition) is 3. The van der Waals surface area contributed by atoms with Crippen molar-refractivity contribution in [2.45, 2.75) is 32.4 Å². The molecule has 122 valence electrons. The van der Waals surface area contributed by atoms with Gasteiger partial charge >= 0.3 is 6.18 Å². The highest BCUT2D eigenvalue weighted by Crippen LogP contribution is 2.33. The van der Waals surface area contributed by atoms with E-state index in [9.17, 15) is 22.8 Å². The van der Waals surface area contributed by atoms with E-state index in [0.29, 0.717) is 12.8 Å². The Morgan fingerprint density at radius 2 is 2.00 bits per heavy atom. The van der Waals surface area contributed by atoms with Gasteiger partial charge in [-0.3, -0.25) is 9.59 Å². The van der Waals surface area contributed by atoms with E-state index in [1.54, 1.807) is 6.07 Å². The van der Waals surface area contributed by atoms with Crippen molar-refractivity contribution in [1.82, 2.24) is 0 Å². The molecule has 7 heteroatoms. The monoisotopic (exact) mass is 324 g/mol. The van der Waals surface area contributed by atoms with Gasteiger partial charge in [0.25, 0.3) is 0 Å². The maximum atomic E-state index is 12.7. The van der Waals surface area contributed by atoms with E-state index in [1.165, 1.54) is 13.0 Å². The Kier molecular flexibility index (Phi) is 4.73. The van der Waals surface area contributed by atoms with Crippen molar-refractivity contribution in [3.8, 4) is 6.07 Å². The lowest BCUT2D eigenvalue weighted by molar-refractivity contribution is -0.138. The molecule has 23 heavy (non-hydrogen) atoms. The number of hydrogen-bond donors (Lipinski definition) is 1. The molecule has 1 atom stereocenters. The van der Waals surface area contributed by atoms with Crippen molar-refractivity contribution >= 4 is 17.4 Å². The predicted molar refractivity (Wildman–Crippen MR) is 76.3 cm³/mol. The molecule has 1 aromatic carbocycles. The van der Waals surface area contributed by atoms with Gasteiger partial charge in [-0.2, -0.15) is 18.4 Å². The van der Waals surface area contributed by atoms with Crippen molar-refractivity contribution in [2.75, 3.05) is 5.32 Å². The van der Waals surface area contributed by atoms with Gasteiger partial charge in [-0.15, -0.1) is 0 Å². The second-order valence-electron chi connectivity index (χ2n) is 5.61. The molecule has 0 aliphatic heterocycles. The number of nitrogens with one attached hydrogen (secondary N) is 1. The predicted octanol–water partition coefficient (Wildman–Crippen LogP) is 3.46. The van der Waals surface area contributed by atoms with Crippen LogP contribution >= 0.6 is 0 Å². The lowest BCUT2D eigenvalue weighted by atomic mass is 9.78. The van der Waals surface area contributed by atoms with Gasteiger partial charge in [0.1, 0.15) is 0 Å². The molecule has 4 nitrogen and oxygen atoms in total. The highest BCUT2D eigenvalue weighted by Gasteiger charge is 2.36. The number of aryl methyl sites for hydroxylation is 1. The number of anilines is 1. The molecule has 1 fully saturated rings. The van der Waals surface area contributed by atoms with Crippen LogP contribution in [0.1, 0.15) is 30.4 Å². The number of benzene rings is 1. The largest absolute Gasteiger partial charge is 0.416 e. The van der Waals surface area contributed by atoms with Crippen LogP contribution in [0.15, 0.2) is 18.2 Å². The highest BCUT2D eigenvalue weighted by molar-refractivity contribution is 6.10. The molecule has 0 saturated heterocycles. The van der Waals surface area contributed by atoms with Crippen LogP contribution in [0.3, 0.4) is 0 Å². The minimum absolute atomic E-state index is 0.0471. The van der Waals surface area contributed by atoms with Gasteiger partial charge in [-0.05, 0) is 43.5 Å². The molecule has 1 aliphatic rings. The molecule has 0 heterocycles. The fourth-order valence-electron chi connectivity index (χ4n) is 2.45. The van der Waals surface area contributed by atoms with Crippen LogP contribution in [0.2, 0.25) is 0 Å². The normalized spacial score (nSPS) is 16.1. The number of alkyl halides is 3. The van der Waals surface area contributed by atoms with Crippen LogP contribution in [-0.2, 0) is 15.8 Å². The van der Waals surface area contributed by atoms with E-state index in [2.05, 4.69) is 5.32 Å². The summed E-state index contributed by atoms with van der Waals surface area (Å²) in [4.78, 5) is 24.1. The summed E-state index contributed by atoms with van der Waals surface area (Å²) in [7, 11) is 0. The van der Waals surface area contributed by atoms with E-state index in [0.717, 1.165) is 18.6 Å². The molecule has 1 N–H and O–H groups in total. The summed E-state index contributed by atoms with van der Waals surface area (Å²) in [5.41, 5.74) is -0.714. The molecule has 1 aliphatic carbocycles. The summed E-state index contributed by atoms with van der Waals surface area (Å²) >= 11 is 0. The van der Waals surface area contributed by atoms with Crippen LogP contribution in [0.5, 0.6) is 0 Å². The third kappa shape index (κ3) is 3.70. The lowest BCUT2D eigenvalue weighted by Gasteiger charge is -2.25. The number of ketones is 1. The second kappa shape index (κ2) is 6.41. The number of carbonyl (C=O) groups is 2. The molecule has 0 spiro atoms. The van der Waals surface area contributed by atoms with E-state index in [1.807, 2.05) is 0 Å². The number of nitriles is 1. The average Bonchev–Trinajstić information content (AvgIpc) is 2.35. The summed E-state index contributed by atoms with van der Waals surface area (Å²) in [5, 5.41) is 11.4. The van der Waals surface area contributed by atoms with Crippen LogP contribution < -0.4 is 5.32 Å². The number of amides is 1. The zero-order chi connectivity index (χ0) is 17.2. The van der Waals surface area contributed by atoms with Gasteiger partial charge in [0, 0.05) is 11.6 Å². The molecular weight excluding hydrogens is 309 g/mol. The summed E-state index contributed by atoms with van der Waals surface area (Å²) in [6, 6.07) is 4.82. The van der Waals surface area contributed by atoms with Gasteiger partial charge in [-0.1, -0.05) is 6.42 Å². The Bertz CT molecular complexity index is 673. The zero-order valence-corrected chi connectivity index (χ0v) is 12.4. The highest BCUT2D eigenvalue weighted by atomic mass is 19.4. The van der Waals surface area contributed by atoms with Crippen LogP contribution in [0.25, 0.3) is 0 Å². The van der Waals surface area contributed by atoms with E-state index in [-0.39, 0.29) is 17.2 Å². The molecule has 1 amide bonds. The molecule has 2 rings (SSSR count). The standard InChI is InChI=1S/C16H15F3N2O2/c1-9-7-11(5-6-13(9)16(17,18)19)21-15(23)12(8-20)14(22)10-3-2-4-10/h5-7,10,12H,2-4H2,1H3,(H,21,23). The van der Waals surface area contributed by atoms with Gasteiger partial charge < -0.3 is 5.32 Å². The number of carbonyl (C=O) groups excluding carboxylic acids is 2. The first-order valence-electron chi connectivity index (χ1n) is 7.16. The minimum Gasteiger partial charge on any atom is -0.325 e. The first-order valence-corrected chi connectivity index (χ1v) is 7.16. The van der Waals surface area contributed by atoms with E-state index < -0.39 is 29.3 Å². The van der Waals surface area contributed by atoms with Gasteiger partial charge in [0.05, 0.1) is 11.6 Å². The Hall–Kier alpha value is -2.36. The van der Waals surface area contributed by atoms with Crippen LogP contribution in [0, 0.1) is 30.1 Å². The number of halogens is 3. The third-order valence-corrected chi connectivity index (χ3v) is 3.98. The number of Topliss-reactive ketones (excluding diaryl/α,β-unsaturated/α-hetero) is 1. The Balaban J connectivity index is 2.11. The lowest BCUT2D eigenvalue weighted by Crippen LogP contribution is -2.35.